The molecule has 0 saturated carbocycles. The standard InChI is InChI=1S/C9H7NO.C8H6/c1-6-2-3-7-5-9(11)10-8(7)4-6;1-2-8-6-4-3-5-7-8/h2-5H,1H3;1,3-7H. The Balaban J connectivity index is 0.000000148. The monoisotopic (exact) mass is 247 g/mol. The Hall–Kier alpha value is -2.66. The number of terminal acetylenes is 1. The highest BCUT2D eigenvalue weighted by Gasteiger charge is 2.01. The second-order valence-corrected chi connectivity index (χ2v) is 4.17. The summed E-state index contributed by atoms with van der Waals surface area (Å²) in [4.78, 5) is 14.6. The summed E-state index contributed by atoms with van der Waals surface area (Å²) in [6, 6.07) is 15.4. The van der Waals surface area contributed by atoms with Crippen LogP contribution < -0.4 is 10.6 Å². The molecule has 1 aliphatic heterocycles. The fraction of sp³-hybridized carbons (Fsp3) is 0.0588. The van der Waals surface area contributed by atoms with Gasteiger partial charge < -0.3 is 0 Å². The zero-order valence-corrected chi connectivity index (χ0v) is 10.6. The molecule has 0 bridgehead atoms. The van der Waals surface area contributed by atoms with Gasteiger partial charge in [-0.25, -0.2) is 4.99 Å². The molecule has 0 radical (unpaired) electrons. The molecule has 2 nitrogen and oxygen atoms in total. The maximum absolute atomic E-state index is 10.8. The van der Waals surface area contributed by atoms with Gasteiger partial charge in [0.1, 0.15) is 0 Å². The number of nitrogens with zero attached hydrogens (tertiary/aromatic N) is 1. The van der Waals surface area contributed by atoms with Crippen molar-refractivity contribution in [3.05, 3.63) is 70.2 Å². The summed E-state index contributed by atoms with van der Waals surface area (Å²) in [6.45, 7) is 1.98. The molecule has 0 spiro atoms. The van der Waals surface area contributed by atoms with Gasteiger partial charge in [0.25, 0.3) is 5.91 Å². The first kappa shape index (κ1) is 12.8. The van der Waals surface area contributed by atoms with Crippen molar-refractivity contribution in [1.82, 2.24) is 0 Å². The van der Waals surface area contributed by atoms with Crippen LogP contribution in [0.25, 0.3) is 6.08 Å². The molecular formula is C17H13NO. The molecule has 2 aromatic carbocycles. The van der Waals surface area contributed by atoms with E-state index in [0.717, 1.165) is 21.7 Å². The van der Waals surface area contributed by atoms with Gasteiger partial charge in [0.2, 0.25) is 0 Å². The molecular weight excluding hydrogens is 234 g/mol. The van der Waals surface area contributed by atoms with E-state index in [2.05, 4.69) is 10.9 Å². The van der Waals surface area contributed by atoms with Crippen LogP contribution in [0, 0.1) is 19.3 Å². The van der Waals surface area contributed by atoms with E-state index in [4.69, 9.17) is 6.42 Å². The largest absolute Gasteiger partial charge is 0.270 e. The number of rotatable bonds is 0. The second kappa shape index (κ2) is 5.79. The fourth-order valence-electron chi connectivity index (χ4n) is 1.69. The summed E-state index contributed by atoms with van der Waals surface area (Å²) in [5.41, 5.74) is 2.07. The van der Waals surface area contributed by atoms with Crippen LogP contribution in [0.5, 0.6) is 0 Å². The normalized spacial score (nSPS) is 11.3. The van der Waals surface area contributed by atoms with E-state index in [-0.39, 0.29) is 5.91 Å². The Labute approximate surface area is 112 Å². The number of hydrogen-bond acceptors (Lipinski definition) is 1. The number of carbonyl (C=O) groups is 1. The number of amides is 1. The van der Waals surface area contributed by atoms with Crippen LogP contribution in [0.15, 0.2) is 53.5 Å². The van der Waals surface area contributed by atoms with Crippen LogP contribution >= 0.6 is 0 Å². The topological polar surface area (TPSA) is 29.4 Å². The highest BCUT2D eigenvalue weighted by atomic mass is 16.1. The van der Waals surface area contributed by atoms with Crippen molar-refractivity contribution >= 4 is 12.0 Å². The third-order valence-electron chi connectivity index (χ3n) is 2.64. The van der Waals surface area contributed by atoms with Gasteiger partial charge in [-0.1, -0.05) is 36.3 Å². The SMILES string of the molecule is C#Cc1ccccc1.Cc1ccc2c(c1)=NC(=O)C=2. The summed E-state index contributed by atoms with van der Waals surface area (Å²) < 4.78 is 0. The van der Waals surface area contributed by atoms with E-state index < -0.39 is 0 Å². The Morgan fingerprint density at radius 2 is 1.84 bits per heavy atom. The predicted molar refractivity (Wildman–Crippen MR) is 75.8 cm³/mol. The molecule has 0 unspecified atom stereocenters. The summed E-state index contributed by atoms with van der Waals surface area (Å²) in [7, 11) is 0. The lowest BCUT2D eigenvalue weighted by Gasteiger charge is -1.86. The fourth-order valence-corrected chi connectivity index (χ4v) is 1.69. The third-order valence-corrected chi connectivity index (χ3v) is 2.64. The van der Waals surface area contributed by atoms with Gasteiger partial charge in [0.15, 0.2) is 0 Å². The average Bonchev–Trinajstić information content (AvgIpc) is 2.79. The van der Waals surface area contributed by atoms with E-state index in [1.165, 1.54) is 0 Å². The Morgan fingerprint density at radius 3 is 2.47 bits per heavy atom. The van der Waals surface area contributed by atoms with Crippen molar-refractivity contribution < 1.29 is 4.79 Å². The second-order valence-electron chi connectivity index (χ2n) is 4.17. The number of hydrogen-bond donors (Lipinski definition) is 0. The molecule has 3 rings (SSSR count). The van der Waals surface area contributed by atoms with Gasteiger partial charge in [0, 0.05) is 16.9 Å². The van der Waals surface area contributed by atoms with Crippen molar-refractivity contribution in [2.75, 3.05) is 0 Å². The van der Waals surface area contributed by atoms with Crippen molar-refractivity contribution in [3.8, 4) is 12.3 Å². The van der Waals surface area contributed by atoms with E-state index in [1.807, 2.05) is 55.5 Å². The first-order valence-electron chi connectivity index (χ1n) is 5.92. The lowest BCUT2D eigenvalue weighted by molar-refractivity contribution is -0.112. The molecule has 0 aliphatic carbocycles. The van der Waals surface area contributed by atoms with Gasteiger partial charge >= 0.3 is 0 Å². The van der Waals surface area contributed by atoms with Crippen molar-refractivity contribution in [1.29, 1.82) is 0 Å². The zero-order chi connectivity index (χ0) is 13.7. The number of aryl methyl sites for hydroxylation is 1. The van der Waals surface area contributed by atoms with Crippen LogP contribution in [-0.4, -0.2) is 5.91 Å². The quantitative estimate of drug-likeness (QED) is 0.650. The summed E-state index contributed by atoms with van der Waals surface area (Å²) in [6.07, 6.45) is 6.65. The van der Waals surface area contributed by atoms with Gasteiger partial charge in [-0.05, 0) is 30.7 Å². The summed E-state index contributed by atoms with van der Waals surface area (Å²) in [5, 5.41) is 1.73. The minimum absolute atomic E-state index is 0.148. The van der Waals surface area contributed by atoms with Crippen molar-refractivity contribution in [2.45, 2.75) is 6.92 Å². The molecule has 0 fully saturated rings. The van der Waals surface area contributed by atoms with Crippen LogP contribution in [-0.2, 0) is 4.79 Å². The number of benzene rings is 2. The van der Waals surface area contributed by atoms with Crippen molar-refractivity contribution in [2.24, 2.45) is 4.99 Å². The average molecular weight is 247 g/mol. The van der Waals surface area contributed by atoms with Crippen LogP contribution in [0.1, 0.15) is 11.1 Å². The Bertz CT molecular complexity index is 752. The molecule has 19 heavy (non-hydrogen) atoms. The molecule has 0 atom stereocenters. The highest BCUT2D eigenvalue weighted by Crippen LogP contribution is 1.93. The minimum Gasteiger partial charge on any atom is -0.267 e. The zero-order valence-electron chi connectivity index (χ0n) is 10.6. The van der Waals surface area contributed by atoms with E-state index >= 15 is 0 Å². The lowest BCUT2D eigenvalue weighted by Crippen LogP contribution is -2.20. The Kier molecular flexibility index (Phi) is 3.90. The lowest BCUT2D eigenvalue weighted by atomic mass is 10.2. The minimum atomic E-state index is -0.148. The molecule has 1 heterocycles. The van der Waals surface area contributed by atoms with Gasteiger partial charge in [-0.2, -0.15) is 0 Å². The summed E-state index contributed by atoms with van der Waals surface area (Å²) in [5.74, 6) is 2.38. The highest BCUT2D eigenvalue weighted by molar-refractivity contribution is 6.06. The molecule has 2 aromatic rings. The molecule has 0 aromatic heterocycles. The van der Waals surface area contributed by atoms with Crippen LogP contribution in [0.3, 0.4) is 0 Å². The molecule has 92 valence electrons. The maximum atomic E-state index is 10.8. The van der Waals surface area contributed by atoms with E-state index in [0.29, 0.717) is 0 Å². The predicted octanol–water partition coefficient (Wildman–Crippen LogP) is 1.60. The van der Waals surface area contributed by atoms with Gasteiger partial charge in [0.05, 0.1) is 5.36 Å². The molecule has 0 saturated heterocycles. The van der Waals surface area contributed by atoms with Crippen LogP contribution in [0.2, 0.25) is 0 Å². The smallest absolute Gasteiger partial charge is 0.267 e. The number of fused-ring (bicyclic) bond motifs is 1. The van der Waals surface area contributed by atoms with E-state index in [1.54, 1.807) is 6.08 Å². The number of carbonyl (C=O) groups excluding carboxylic acids is 1. The third kappa shape index (κ3) is 3.40. The molecule has 1 amide bonds. The van der Waals surface area contributed by atoms with E-state index in [9.17, 15) is 4.79 Å². The molecule has 2 heteroatoms. The van der Waals surface area contributed by atoms with Crippen molar-refractivity contribution in [3.63, 3.8) is 0 Å². The maximum Gasteiger partial charge on any atom is 0.270 e. The van der Waals surface area contributed by atoms with Crippen LogP contribution in [0.4, 0.5) is 0 Å². The molecule has 1 aliphatic rings. The van der Waals surface area contributed by atoms with Gasteiger partial charge in [-0.3, -0.25) is 4.79 Å². The first-order valence-corrected chi connectivity index (χ1v) is 5.92. The first-order chi connectivity index (χ1) is 9.19. The Morgan fingerprint density at radius 1 is 1.11 bits per heavy atom. The summed E-state index contributed by atoms with van der Waals surface area (Å²) >= 11 is 0. The van der Waals surface area contributed by atoms with Gasteiger partial charge in [-0.15, -0.1) is 6.42 Å². The molecule has 0 N–H and O–H groups in total.